The van der Waals surface area contributed by atoms with Crippen LogP contribution in [0.2, 0.25) is 0 Å². The van der Waals surface area contributed by atoms with Gasteiger partial charge in [-0.05, 0) is 73.3 Å². The second kappa shape index (κ2) is 7.41. The van der Waals surface area contributed by atoms with Gasteiger partial charge >= 0.3 is 0 Å². The third kappa shape index (κ3) is 3.47. The van der Waals surface area contributed by atoms with Gasteiger partial charge in [-0.25, -0.2) is 4.99 Å². The van der Waals surface area contributed by atoms with E-state index < -0.39 is 0 Å². The molecule has 160 valence electrons. The summed E-state index contributed by atoms with van der Waals surface area (Å²) in [5.41, 5.74) is 3.89. The Morgan fingerprint density at radius 3 is 2.32 bits per heavy atom. The molecule has 1 aliphatic heterocycles. The van der Waals surface area contributed by atoms with Crippen LogP contribution in [-0.2, 0) is 16.8 Å². The van der Waals surface area contributed by atoms with E-state index in [0.29, 0.717) is 11.8 Å². The van der Waals surface area contributed by atoms with Crippen LogP contribution >= 0.6 is 0 Å². The number of nitrogens with zero attached hydrogens (tertiary/aromatic N) is 2. The Morgan fingerprint density at radius 2 is 1.61 bits per heavy atom. The third-order valence-electron chi connectivity index (χ3n) is 8.53. The molecule has 4 bridgehead atoms. The second-order valence-electron chi connectivity index (χ2n) is 10.8. The van der Waals surface area contributed by atoms with Crippen molar-refractivity contribution in [1.29, 1.82) is 0 Å². The number of hydrogen-bond acceptors (Lipinski definition) is 2. The van der Waals surface area contributed by atoms with Crippen molar-refractivity contribution in [2.75, 3.05) is 13.1 Å². The van der Waals surface area contributed by atoms with Gasteiger partial charge < -0.3 is 0 Å². The van der Waals surface area contributed by atoms with Gasteiger partial charge in [-0.2, -0.15) is 0 Å². The first kappa shape index (κ1) is 19.4. The van der Waals surface area contributed by atoms with Crippen LogP contribution in [0.4, 0.5) is 0 Å². The Kier molecular flexibility index (Phi) is 4.64. The predicted octanol–water partition coefficient (Wildman–Crippen LogP) is 5.40. The summed E-state index contributed by atoms with van der Waals surface area (Å²) in [5.74, 6) is 1.60. The molecule has 4 aliphatic carbocycles. The van der Waals surface area contributed by atoms with Crippen LogP contribution in [0.5, 0.6) is 0 Å². The van der Waals surface area contributed by atoms with Gasteiger partial charge in [-0.3, -0.25) is 9.69 Å². The van der Waals surface area contributed by atoms with E-state index >= 15 is 0 Å². The molecule has 31 heavy (non-hydrogen) atoms. The lowest BCUT2D eigenvalue weighted by atomic mass is 9.42. The number of amides is 1. The highest BCUT2D eigenvalue weighted by Crippen LogP contribution is 2.66. The van der Waals surface area contributed by atoms with E-state index in [1.54, 1.807) is 0 Å². The molecule has 2 aromatic rings. The van der Waals surface area contributed by atoms with Crippen molar-refractivity contribution >= 4 is 11.6 Å². The van der Waals surface area contributed by atoms with Crippen molar-refractivity contribution in [3.05, 3.63) is 71.8 Å². The van der Waals surface area contributed by atoms with Gasteiger partial charge in [-0.1, -0.05) is 60.7 Å². The maximum atomic E-state index is 13.7. The molecule has 0 radical (unpaired) electrons. The summed E-state index contributed by atoms with van der Waals surface area (Å²) in [5, 5.41) is 0. The number of rotatable bonds is 4. The lowest BCUT2D eigenvalue weighted by molar-refractivity contribution is -0.145. The van der Waals surface area contributed by atoms with Gasteiger partial charge in [0, 0.05) is 25.3 Å². The lowest BCUT2D eigenvalue weighted by Gasteiger charge is -2.61. The Balaban J connectivity index is 1.21. The number of carbonyl (C=O) groups excluding carboxylic acids is 1. The maximum Gasteiger partial charge on any atom is 0.251 e. The van der Waals surface area contributed by atoms with Gasteiger partial charge in [0.2, 0.25) is 0 Å². The molecule has 2 unspecified atom stereocenters. The smallest absolute Gasteiger partial charge is 0.251 e. The van der Waals surface area contributed by atoms with E-state index in [-0.39, 0.29) is 16.7 Å². The van der Waals surface area contributed by atoms with Crippen molar-refractivity contribution in [1.82, 2.24) is 4.90 Å². The Labute approximate surface area is 185 Å². The number of likely N-dealkylation sites (tertiary alicyclic amines) is 1. The minimum Gasteiger partial charge on any atom is -0.293 e. The predicted molar refractivity (Wildman–Crippen MR) is 124 cm³/mol. The van der Waals surface area contributed by atoms with Crippen molar-refractivity contribution in [2.45, 2.75) is 56.9 Å². The number of hydrogen-bond donors (Lipinski definition) is 0. The van der Waals surface area contributed by atoms with Crippen LogP contribution < -0.4 is 0 Å². The summed E-state index contributed by atoms with van der Waals surface area (Å²) >= 11 is 0. The standard InChI is InChI=1S/C28H32N2O/c31-26(29-25-11-12-30(19-25)18-21-7-3-1-4-8-21)28-16-22-13-23(17-28)15-27(14-22,20-28)24-9-5-2-6-10-24/h1-10,22-23H,11-20H2. The molecule has 3 nitrogen and oxygen atoms in total. The highest BCUT2D eigenvalue weighted by atomic mass is 16.1. The second-order valence-corrected chi connectivity index (χ2v) is 10.8. The minimum absolute atomic E-state index is 0.205. The normalized spacial score (nSPS) is 35.7. The molecule has 2 atom stereocenters. The monoisotopic (exact) mass is 412 g/mol. The van der Waals surface area contributed by atoms with Gasteiger partial charge in [0.15, 0.2) is 0 Å². The molecule has 2 aromatic carbocycles. The number of aliphatic imine (C=N–C) groups is 1. The van der Waals surface area contributed by atoms with Crippen molar-refractivity contribution in [3.63, 3.8) is 0 Å². The quantitative estimate of drug-likeness (QED) is 0.674. The molecule has 0 N–H and O–H groups in total. The van der Waals surface area contributed by atoms with Gasteiger partial charge in [0.25, 0.3) is 5.91 Å². The fourth-order valence-corrected chi connectivity index (χ4v) is 7.68. The summed E-state index contributed by atoms with van der Waals surface area (Å²) < 4.78 is 0. The van der Waals surface area contributed by atoms with Crippen molar-refractivity contribution < 1.29 is 4.79 Å². The summed E-state index contributed by atoms with van der Waals surface area (Å²) in [6.07, 6.45) is 7.95. The van der Waals surface area contributed by atoms with Crippen LogP contribution in [0.3, 0.4) is 0 Å². The number of carbonyl (C=O) groups is 1. The van der Waals surface area contributed by atoms with E-state index in [9.17, 15) is 4.79 Å². The van der Waals surface area contributed by atoms with Gasteiger partial charge in [-0.15, -0.1) is 0 Å². The van der Waals surface area contributed by atoms with Gasteiger partial charge in [0.1, 0.15) is 0 Å². The average Bonchev–Trinajstić information content (AvgIpc) is 3.21. The zero-order chi connectivity index (χ0) is 20.9. The Morgan fingerprint density at radius 1 is 0.935 bits per heavy atom. The van der Waals surface area contributed by atoms with Crippen LogP contribution in [0.1, 0.15) is 56.1 Å². The minimum atomic E-state index is -0.209. The number of benzene rings is 2. The average molecular weight is 413 g/mol. The summed E-state index contributed by atoms with van der Waals surface area (Å²) in [6, 6.07) is 21.7. The zero-order valence-corrected chi connectivity index (χ0v) is 18.3. The van der Waals surface area contributed by atoms with E-state index in [1.807, 2.05) is 0 Å². The molecule has 0 spiro atoms. The van der Waals surface area contributed by atoms with E-state index in [4.69, 9.17) is 4.99 Å². The highest BCUT2D eigenvalue weighted by molar-refractivity contribution is 6.00. The van der Waals surface area contributed by atoms with E-state index in [2.05, 4.69) is 65.6 Å². The molecule has 3 heteroatoms. The largest absolute Gasteiger partial charge is 0.293 e. The molecule has 5 fully saturated rings. The van der Waals surface area contributed by atoms with Crippen LogP contribution in [-0.4, -0.2) is 29.6 Å². The molecule has 7 rings (SSSR count). The Bertz CT molecular complexity index is 982. The lowest BCUT2D eigenvalue weighted by Crippen LogP contribution is -2.56. The van der Waals surface area contributed by atoms with Gasteiger partial charge in [0.05, 0.1) is 5.41 Å². The maximum absolute atomic E-state index is 13.7. The fraction of sp³-hybridized carbons (Fsp3) is 0.500. The summed E-state index contributed by atoms with van der Waals surface area (Å²) in [4.78, 5) is 20.9. The summed E-state index contributed by atoms with van der Waals surface area (Å²) in [7, 11) is 0. The third-order valence-corrected chi connectivity index (χ3v) is 8.53. The van der Waals surface area contributed by atoms with Crippen LogP contribution in [0, 0.1) is 17.3 Å². The van der Waals surface area contributed by atoms with Crippen molar-refractivity contribution in [3.8, 4) is 0 Å². The molecule has 0 aromatic heterocycles. The first-order valence-electron chi connectivity index (χ1n) is 12.1. The molecule has 5 aliphatic rings. The van der Waals surface area contributed by atoms with Crippen molar-refractivity contribution in [2.24, 2.45) is 22.2 Å². The molecular formula is C28H32N2O. The van der Waals surface area contributed by atoms with E-state index in [0.717, 1.165) is 51.0 Å². The molecule has 1 saturated heterocycles. The zero-order valence-electron chi connectivity index (χ0n) is 18.3. The molecule has 1 amide bonds. The van der Waals surface area contributed by atoms with E-state index in [1.165, 1.54) is 30.4 Å². The SMILES string of the molecule is O=C(N=C1CCN(Cc2ccccc2)C1)C12CC3CC(C1)CC(c1ccccc1)(C3)C2. The summed E-state index contributed by atoms with van der Waals surface area (Å²) in [6.45, 7) is 2.79. The highest BCUT2D eigenvalue weighted by Gasteiger charge is 2.61. The molecule has 1 heterocycles. The molecular weight excluding hydrogens is 380 g/mol. The topological polar surface area (TPSA) is 32.7 Å². The first-order valence-corrected chi connectivity index (χ1v) is 12.1. The first-order chi connectivity index (χ1) is 15.1. The van der Waals surface area contributed by atoms with Crippen LogP contribution in [0.25, 0.3) is 0 Å². The Hall–Kier alpha value is -2.26. The molecule has 4 saturated carbocycles. The fourth-order valence-electron chi connectivity index (χ4n) is 7.68. The van der Waals surface area contributed by atoms with Crippen LogP contribution in [0.15, 0.2) is 65.7 Å².